The Morgan fingerprint density at radius 3 is 2.41 bits per heavy atom. The maximum absolute atomic E-state index is 13.7. The highest BCUT2D eigenvalue weighted by molar-refractivity contribution is 7.90. The van der Waals surface area contributed by atoms with E-state index in [1.165, 1.54) is 12.1 Å². The molecule has 3 rings (SSSR count). The van der Waals surface area contributed by atoms with E-state index in [9.17, 15) is 22.0 Å². The number of carbonyl (C=O) groups is 1. The molecule has 0 fully saturated rings. The molecule has 0 atom stereocenters. The van der Waals surface area contributed by atoms with Gasteiger partial charge in [0.05, 0.1) is 11.3 Å². The average Bonchev–Trinajstić information content (AvgIpc) is 2.61. The molecule has 0 saturated carbocycles. The Hall–Kier alpha value is -3.20. The van der Waals surface area contributed by atoms with Crippen molar-refractivity contribution in [3.05, 3.63) is 71.8 Å². The lowest BCUT2D eigenvalue weighted by Gasteiger charge is -2.08. The van der Waals surface area contributed by atoms with Crippen molar-refractivity contribution in [3.63, 3.8) is 0 Å². The molecule has 0 aliphatic carbocycles. The molecule has 0 unspecified atom stereocenters. The predicted octanol–water partition coefficient (Wildman–Crippen LogP) is 3.08. The van der Waals surface area contributed by atoms with Crippen LogP contribution in [0.15, 0.2) is 59.6 Å². The van der Waals surface area contributed by atoms with Crippen molar-refractivity contribution in [2.24, 2.45) is 0 Å². The SMILES string of the molecule is CS(=O)(=O)c1ccc(-c2cccc(NC(=O)c3ccc(F)cc3F)c2)nn1. The van der Waals surface area contributed by atoms with E-state index >= 15 is 0 Å². The van der Waals surface area contributed by atoms with Gasteiger partial charge in [-0.25, -0.2) is 17.2 Å². The first-order valence-corrected chi connectivity index (χ1v) is 9.54. The number of hydrogen-bond acceptors (Lipinski definition) is 5. The molecule has 0 radical (unpaired) electrons. The summed E-state index contributed by atoms with van der Waals surface area (Å²) in [6.45, 7) is 0. The highest BCUT2D eigenvalue weighted by atomic mass is 32.2. The minimum Gasteiger partial charge on any atom is -0.322 e. The van der Waals surface area contributed by atoms with Gasteiger partial charge in [-0.15, -0.1) is 10.2 Å². The number of aromatic nitrogens is 2. The fourth-order valence-electron chi connectivity index (χ4n) is 2.30. The second kappa shape index (κ2) is 7.20. The number of sulfone groups is 1. The van der Waals surface area contributed by atoms with Crippen molar-refractivity contribution >= 4 is 21.4 Å². The molecule has 27 heavy (non-hydrogen) atoms. The summed E-state index contributed by atoms with van der Waals surface area (Å²) in [4.78, 5) is 12.2. The Kier molecular flexibility index (Phi) is 4.95. The minimum atomic E-state index is -3.46. The van der Waals surface area contributed by atoms with Gasteiger partial charge in [-0.1, -0.05) is 12.1 Å². The summed E-state index contributed by atoms with van der Waals surface area (Å²) < 4.78 is 49.5. The Morgan fingerprint density at radius 2 is 1.78 bits per heavy atom. The Bertz CT molecular complexity index is 1120. The van der Waals surface area contributed by atoms with Gasteiger partial charge in [-0.3, -0.25) is 4.79 Å². The molecule has 3 aromatic rings. The van der Waals surface area contributed by atoms with Crippen molar-refractivity contribution < 1.29 is 22.0 Å². The number of hydrogen-bond donors (Lipinski definition) is 1. The lowest BCUT2D eigenvalue weighted by Crippen LogP contribution is -2.14. The first kappa shape index (κ1) is 18.6. The van der Waals surface area contributed by atoms with E-state index in [0.717, 1.165) is 18.4 Å². The molecule has 0 saturated heterocycles. The number of anilines is 1. The fraction of sp³-hybridized carbons (Fsp3) is 0.0556. The molecule has 0 spiro atoms. The summed E-state index contributed by atoms with van der Waals surface area (Å²) in [6, 6.07) is 12.0. The second-order valence-corrected chi connectivity index (χ2v) is 7.65. The van der Waals surface area contributed by atoms with Crippen molar-refractivity contribution in [2.45, 2.75) is 5.03 Å². The highest BCUT2D eigenvalue weighted by Crippen LogP contribution is 2.22. The third kappa shape index (κ3) is 4.32. The van der Waals surface area contributed by atoms with E-state index in [2.05, 4.69) is 15.5 Å². The number of nitrogens with zero attached hydrogens (tertiary/aromatic N) is 2. The highest BCUT2D eigenvalue weighted by Gasteiger charge is 2.14. The smallest absolute Gasteiger partial charge is 0.258 e. The zero-order valence-electron chi connectivity index (χ0n) is 14.0. The van der Waals surface area contributed by atoms with Crippen LogP contribution < -0.4 is 5.32 Å². The normalized spacial score (nSPS) is 11.2. The Morgan fingerprint density at radius 1 is 1.00 bits per heavy atom. The van der Waals surface area contributed by atoms with Crippen molar-refractivity contribution in [3.8, 4) is 11.3 Å². The van der Waals surface area contributed by atoms with Gasteiger partial charge in [0.1, 0.15) is 11.6 Å². The molecule has 6 nitrogen and oxygen atoms in total. The van der Waals surface area contributed by atoms with E-state index in [1.54, 1.807) is 24.3 Å². The van der Waals surface area contributed by atoms with Gasteiger partial charge in [0.2, 0.25) is 0 Å². The van der Waals surface area contributed by atoms with Crippen molar-refractivity contribution in [1.82, 2.24) is 10.2 Å². The summed E-state index contributed by atoms with van der Waals surface area (Å²) >= 11 is 0. The maximum atomic E-state index is 13.7. The van der Waals surface area contributed by atoms with Crippen molar-refractivity contribution in [1.29, 1.82) is 0 Å². The lowest BCUT2D eigenvalue weighted by molar-refractivity contribution is 0.102. The maximum Gasteiger partial charge on any atom is 0.258 e. The molecule has 2 aromatic carbocycles. The summed E-state index contributed by atoms with van der Waals surface area (Å²) in [5, 5.41) is 9.92. The van der Waals surface area contributed by atoms with Crippen LogP contribution in [0.5, 0.6) is 0 Å². The molecule has 1 N–H and O–H groups in total. The second-order valence-electron chi connectivity index (χ2n) is 5.69. The third-order valence-electron chi connectivity index (χ3n) is 3.61. The molecule has 0 bridgehead atoms. The van der Waals surface area contributed by atoms with Crippen LogP contribution in [0, 0.1) is 11.6 Å². The number of amides is 1. The van der Waals surface area contributed by atoms with Crippen LogP contribution in [0.1, 0.15) is 10.4 Å². The molecule has 9 heteroatoms. The molecular weight excluding hydrogens is 376 g/mol. The van der Waals surface area contributed by atoms with Gasteiger partial charge in [0, 0.05) is 23.6 Å². The Balaban J connectivity index is 1.84. The predicted molar refractivity (Wildman–Crippen MR) is 94.9 cm³/mol. The third-order valence-corrected chi connectivity index (χ3v) is 4.59. The molecule has 1 aromatic heterocycles. The van der Waals surface area contributed by atoms with Crippen molar-refractivity contribution in [2.75, 3.05) is 11.6 Å². The van der Waals surface area contributed by atoms with Crippen LogP contribution in [0.25, 0.3) is 11.3 Å². The number of nitrogens with one attached hydrogen (secondary N) is 1. The van der Waals surface area contributed by atoms with Crippen LogP contribution in [0.2, 0.25) is 0 Å². The first-order chi connectivity index (χ1) is 12.7. The van der Waals surface area contributed by atoms with Gasteiger partial charge in [-0.2, -0.15) is 0 Å². The van der Waals surface area contributed by atoms with Gasteiger partial charge in [0.25, 0.3) is 5.91 Å². The zero-order chi connectivity index (χ0) is 19.6. The fourth-order valence-corrected chi connectivity index (χ4v) is 2.80. The number of halogens is 2. The largest absolute Gasteiger partial charge is 0.322 e. The molecule has 1 heterocycles. The summed E-state index contributed by atoms with van der Waals surface area (Å²) in [5.74, 6) is -2.48. The van der Waals surface area contributed by atoms with Gasteiger partial charge in [-0.05, 0) is 36.4 Å². The quantitative estimate of drug-likeness (QED) is 0.741. The van der Waals surface area contributed by atoms with E-state index < -0.39 is 27.4 Å². The Labute approximate surface area is 153 Å². The van der Waals surface area contributed by atoms with Crippen LogP contribution in [0.3, 0.4) is 0 Å². The topological polar surface area (TPSA) is 89.0 Å². The number of benzene rings is 2. The monoisotopic (exact) mass is 389 g/mol. The van der Waals surface area contributed by atoms with Crippen LogP contribution in [-0.4, -0.2) is 30.8 Å². The van der Waals surface area contributed by atoms with Crippen LogP contribution in [0.4, 0.5) is 14.5 Å². The number of rotatable bonds is 4. The molecule has 0 aliphatic heterocycles. The van der Waals surface area contributed by atoms with Gasteiger partial charge >= 0.3 is 0 Å². The molecule has 0 aliphatic rings. The van der Waals surface area contributed by atoms with E-state index in [-0.39, 0.29) is 10.6 Å². The van der Waals surface area contributed by atoms with E-state index in [4.69, 9.17) is 0 Å². The van der Waals surface area contributed by atoms with Crippen LogP contribution in [-0.2, 0) is 9.84 Å². The van der Waals surface area contributed by atoms with Gasteiger partial charge < -0.3 is 5.32 Å². The summed E-state index contributed by atoms with van der Waals surface area (Å²) in [7, 11) is -3.46. The standard InChI is InChI=1S/C18H13F2N3O3S/c1-27(25,26)17-8-7-16(22-23-17)11-3-2-4-13(9-11)21-18(24)14-6-5-12(19)10-15(14)20/h2-10H,1H3,(H,21,24). The minimum absolute atomic E-state index is 0.150. The number of carbonyl (C=O) groups excluding carboxylic acids is 1. The summed E-state index contributed by atoms with van der Waals surface area (Å²) in [5.41, 5.74) is 1.03. The summed E-state index contributed by atoms with van der Waals surface area (Å²) in [6.07, 6.45) is 1.03. The van der Waals surface area contributed by atoms with Gasteiger partial charge in [0.15, 0.2) is 14.9 Å². The molecular formula is C18H13F2N3O3S. The molecule has 1 amide bonds. The zero-order valence-corrected chi connectivity index (χ0v) is 14.8. The average molecular weight is 389 g/mol. The van der Waals surface area contributed by atoms with Crippen LogP contribution >= 0.6 is 0 Å². The van der Waals surface area contributed by atoms with E-state index in [0.29, 0.717) is 23.0 Å². The lowest BCUT2D eigenvalue weighted by atomic mass is 10.1. The molecule has 138 valence electrons. The first-order valence-electron chi connectivity index (χ1n) is 7.65. The van der Waals surface area contributed by atoms with E-state index in [1.807, 2.05) is 0 Å².